The molecule has 3 heterocycles. The van der Waals surface area contributed by atoms with Gasteiger partial charge in [-0.05, 0) is 49.0 Å². The van der Waals surface area contributed by atoms with Crippen molar-refractivity contribution in [1.29, 1.82) is 0 Å². The largest absolute Gasteiger partial charge is 0.497 e. The maximum Gasteiger partial charge on any atom is 0.257 e. The molecule has 0 radical (unpaired) electrons. The van der Waals surface area contributed by atoms with Crippen molar-refractivity contribution in [3.8, 4) is 5.75 Å². The molecule has 1 saturated heterocycles. The van der Waals surface area contributed by atoms with Crippen LogP contribution in [0, 0.1) is 0 Å². The number of carbonyl (C=O) groups excluding carboxylic acids is 2. The predicted molar refractivity (Wildman–Crippen MR) is 117 cm³/mol. The van der Waals surface area contributed by atoms with Crippen LogP contribution in [0.2, 0.25) is 0 Å². The fourth-order valence-corrected chi connectivity index (χ4v) is 3.90. The molecule has 2 aliphatic heterocycles. The van der Waals surface area contributed by atoms with Gasteiger partial charge in [-0.1, -0.05) is 0 Å². The summed E-state index contributed by atoms with van der Waals surface area (Å²) in [7, 11) is 3.39. The number of furan rings is 1. The van der Waals surface area contributed by atoms with E-state index in [0.717, 1.165) is 17.0 Å². The lowest BCUT2D eigenvalue weighted by atomic mass is 10.0. The average molecular weight is 441 g/mol. The van der Waals surface area contributed by atoms with Gasteiger partial charge in [0.05, 0.1) is 45.4 Å². The Morgan fingerprint density at radius 3 is 2.50 bits per heavy atom. The summed E-state index contributed by atoms with van der Waals surface area (Å²) in [6.45, 7) is 2.52. The minimum Gasteiger partial charge on any atom is -0.497 e. The van der Waals surface area contributed by atoms with Crippen LogP contribution in [0.1, 0.15) is 23.8 Å². The Hall–Kier alpha value is -3.17. The minimum atomic E-state index is -0.321. The number of rotatable bonds is 7. The van der Waals surface area contributed by atoms with Gasteiger partial charge in [0.15, 0.2) is 0 Å². The third-order valence-electron chi connectivity index (χ3n) is 5.63. The third kappa shape index (κ3) is 5.00. The van der Waals surface area contributed by atoms with E-state index < -0.39 is 0 Å². The van der Waals surface area contributed by atoms with Gasteiger partial charge in [-0.2, -0.15) is 5.10 Å². The molecule has 1 fully saturated rings. The van der Waals surface area contributed by atoms with Crippen molar-refractivity contribution in [2.24, 2.45) is 5.10 Å². The van der Waals surface area contributed by atoms with E-state index in [2.05, 4.69) is 5.10 Å². The molecular weight excluding hydrogens is 412 g/mol. The maximum absolute atomic E-state index is 13.2. The maximum atomic E-state index is 13.2. The zero-order valence-electron chi connectivity index (χ0n) is 18.4. The number of amides is 2. The molecule has 0 unspecified atom stereocenters. The third-order valence-corrected chi connectivity index (χ3v) is 5.63. The van der Waals surface area contributed by atoms with Crippen LogP contribution in [0.3, 0.4) is 0 Å². The number of hydrogen-bond donors (Lipinski definition) is 0. The summed E-state index contributed by atoms with van der Waals surface area (Å²) < 4.78 is 16.1. The van der Waals surface area contributed by atoms with Crippen molar-refractivity contribution >= 4 is 17.5 Å². The van der Waals surface area contributed by atoms with E-state index >= 15 is 0 Å². The van der Waals surface area contributed by atoms with Crippen molar-refractivity contribution in [3.05, 3.63) is 54.0 Å². The molecule has 32 heavy (non-hydrogen) atoms. The zero-order valence-corrected chi connectivity index (χ0v) is 18.4. The molecule has 1 aromatic carbocycles. The molecule has 9 nitrogen and oxygen atoms in total. The van der Waals surface area contributed by atoms with E-state index in [9.17, 15) is 9.59 Å². The van der Waals surface area contributed by atoms with Gasteiger partial charge in [-0.3, -0.25) is 14.5 Å². The number of benzene rings is 1. The molecule has 9 heteroatoms. The second kappa shape index (κ2) is 9.97. The summed E-state index contributed by atoms with van der Waals surface area (Å²) in [6.07, 6.45) is 2.14. The molecule has 2 amide bonds. The lowest BCUT2D eigenvalue weighted by Crippen LogP contribution is -2.46. The fraction of sp³-hybridized carbons (Fsp3) is 0.435. The van der Waals surface area contributed by atoms with Crippen molar-refractivity contribution in [3.63, 3.8) is 0 Å². The van der Waals surface area contributed by atoms with E-state index in [-0.39, 0.29) is 30.9 Å². The summed E-state index contributed by atoms with van der Waals surface area (Å²) in [5.74, 6) is 1.24. The van der Waals surface area contributed by atoms with Crippen LogP contribution in [-0.2, 0) is 14.3 Å². The molecule has 0 aliphatic carbocycles. The average Bonchev–Trinajstić information content (AvgIpc) is 3.49. The van der Waals surface area contributed by atoms with Gasteiger partial charge in [0.25, 0.3) is 5.91 Å². The number of likely N-dealkylation sites (N-methyl/N-ethyl adjacent to an activating group) is 1. The fourth-order valence-electron chi connectivity index (χ4n) is 3.90. The van der Waals surface area contributed by atoms with Crippen LogP contribution in [-0.4, -0.2) is 85.9 Å². The topological polar surface area (TPSA) is 87.8 Å². The number of nitrogens with zero attached hydrogens (tertiary/aromatic N) is 4. The summed E-state index contributed by atoms with van der Waals surface area (Å²) in [5, 5.41) is 6.11. The molecule has 2 aliphatic rings. The molecule has 2 aromatic rings. The summed E-state index contributed by atoms with van der Waals surface area (Å²) in [6, 6.07) is 10.9. The molecule has 4 rings (SSSR count). The van der Waals surface area contributed by atoms with Gasteiger partial charge in [0.1, 0.15) is 17.6 Å². The Morgan fingerprint density at radius 2 is 1.84 bits per heavy atom. The molecule has 1 aromatic heterocycles. The van der Waals surface area contributed by atoms with Gasteiger partial charge in [0.2, 0.25) is 5.91 Å². The number of carbonyl (C=O) groups is 2. The number of hydrazone groups is 1. The normalized spacial score (nSPS) is 18.7. The second-order valence-corrected chi connectivity index (χ2v) is 7.91. The van der Waals surface area contributed by atoms with Crippen molar-refractivity contribution in [2.75, 3.05) is 53.6 Å². The van der Waals surface area contributed by atoms with Crippen molar-refractivity contribution in [1.82, 2.24) is 14.8 Å². The number of morpholine rings is 1. The van der Waals surface area contributed by atoms with Crippen LogP contribution in [0.25, 0.3) is 0 Å². The summed E-state index contributed by atoms with van der Waals surface area (Å²) in [4.78, 5) is 29.2. The first-order chi connectivity index (χ1) is 15.5. The zero-order chi connectivity index (χ0) is 22.5. The number of hydrogen-bond acceptors (Lipinski definition) is 7. The Bertz CT molecular complexity index is 951. The van der Waals surface area contributed by atoms with E-state index in [0.29, 0.717) is 38.5 Å². The lowest BCUT2D eigenvalue weighted by Gasteiger charge is -2.29. The van der Waals surface area contributed by atoms with E-state index in [1.807, 2.05) is 30.3 Å². The van der Waals surface area contributed by atoms with Gasteiger partial charge in [-0.25, -0.2) is 5.01 Å². The highest BCUT2D eigenvalue weighted by Crippen LogP contribution is 2.33. The Kier molecular flexibility index (Phi) is 6.87. The SMILES string of the molecule is COc1ccc(C2=NN(C(=O)CN(C)CC(=O)N3CCOCC3)[C@H](c3ccco3)C2)cc1. The quantitative estimate of drug-likeness (QED) is 0.652. The van der Waals surface area contributed by atoms with Gasteiger partial charge < -0.3 is 18.8 Å². The Balaban J connectivity index is 1.45. The monoisotopic (exact) mass is 440 g/mol. The highest BCUT2D eigenvalue weighted by molar-refractivity contribution is 6.03. The van der Waals surface area contributed by atoms with Crippen molar-refractivity contribution < 1.29 is 23.5 Å². The first-order valence-corrected chi connectivity index (χ1v) is 10.7. The van der Waals surface area contributed by atoms with Gasteiger partial charge in [-0.15, -0.1) is 0 Å². The Morgan fingerprint density at radius 1 is 1.12 bits per heavy atom. The first-order valence-electron chi connectivity index (χ1n) is 10.7. The molecule has 0 spiro atoms. The second-order valence-electron chi connectivity index (χ2n) is 7.91. The van der Waals surface area contributed by atoms with Crippen LogP contribution in [0.15, 0.2) is 52.2 Å². The molecule has 1 atom stereocenters. The van der Waals surface area contributed by atoms with Crippen LogP contribution in [0.4, 0.5) is 0 Å². The predicted octanol–water partition coefficient (Wildman–Crippen LogP) is 1.76. The standard InChI is InChI=1S/C23H28N4O5/c1-25(15-22(28)26-9-12-31-13-10-26)16-23(29)27-20(21-4-3-11-32-21)14-19(24-27)17-5-7-18(30-2)8-6-17/h3-8,11,20H,9-10,12-16H2,1-2H3/t20-/m0/s1. The van der Waals surface area contributed by atoms with Gasteiger partial charge >= 0.3 is 0 Å². The summed E-state index contributed by atoms with van der Waals surface area (Å²) in [5.41, 5.74) is 1.72. The highest BCUT2D eigenvalue weighted by atomic mass is 16.5. The molecule has 170 valence electrons. The minimum absolute atomic E-state index is 0.00460. The smallest absolute Gasteiger partial charge is 0.257 e. The number of methoxy groups -OCH3 is 1. The number of ether oxygens (including phenoxy) is 2. The van der Waals surface area contributed by atoms with Crippen LogP contribution < -0.4 is 4.74 Å². The van der Waals surface area contributed by atoms with Crippen LogP contribution >= 0.6 is 0 Å². The summed E-state index contributed by atoms with van der Waals surface area (Å²) >= 11 is 0. The first kappa shape index (κ1) is 22.0. The highest BCUT2D eigenvalue weighted by Gasteiger charge is 2.35. The van der Waals surface area contributed by atoms with Gasteiger partial charge in [0, 0.05) is 19.5 Å². The van der Waals surface area contributed by atoms with E-state index in [1.165, 1.54) is 5.01 Å². The van der Waals surface area contributed by atoms with E-state index in [4.69, 9.17) is 13.9 Å². The molecular formula is C23H28N4O5. The lowest BCUT2D eigenvalue weighted by molar-refractivity contribution is -0.138. The van der Waals surface area contributed by atoms with Crippen molar-refractivity contribution in [2.45, 2.75) is 12.5 Å². The Labute approximate surface area is 187 Å². The van der Waals surface area contributed by atoms with E-state index in [1.54, 1.807) is 36.3 Å². The molecule has 0 saturated carbocycles. The molecule has 0 bridgehead atoms. The van der Waals surface area contributed by atoms with Crippen LogP contribution in [0.5, 0.6) is 5.75 Å². The molecule has 0 N–H and O–H groups in total.